The average Bonchev–Trinajstić information content (AvgIpc) is 3.44. The molecule has 0 spiro atoms. The number of nitrogens with zero attached hydrogens (tertiary/aromatic N) is 3. The third-order valence-electron chi connectivity index (χ3n) is 8.27. The number of aromatic nitrogens is 2. The first-order valence-corrected chi connectivity index (χ1v) is 14.5. The van der Waals surface area contributed by atoms with Crippen molar-refractivity contribution in [2.24, 2.45) is 5.92 Å². The lowest BCUT2D eigenvalue weighted by Crippen LogP contribution is -2.39. The van der Waals surface area contributed by atoms with Gasteiger partial charge in [0.05, 0.1) is 31.4 Å². The zero-order chi connectivity index (χ0) is 29.1. The van der Waals surface area contributed by atoms with Crippen molar-refractivity contribution in [3.63, 3.8) is 0 Å². The molecule has 42 heavy (non-hydrogen) atoms. The fourth-order valence-electron chi connectivity index (χ4n) is 5.84. The lowest BCUT2D eigenvalue weighted by molar-refractivity contribution is -0.0855. The Kier molecular flexibility index (Phi) is 8.30. The number of halogens is 1. The van der Waals surface area contributed by atoms with Crippen LogP contribution < -0.4 is 5.32 Å². The summed E-state index contributed by atoms with van der Waals surface area (Å²) in [5.41, 5.74) is 4.02. The highest BCUT2D eigenvalue weighted by Crippen LogP contribution is 2.27. The SMILES string of the molecule is Cc1c(C(=O)NCC2COCCO2)ccc2nn(CC3CCN(C(=O)c4ccc(-c5ccccc5)c(F)c4)CC3)cc12. The van der Waals surface area contributed by atoms with Gasteiger partial charge in [0.25, 0.3) is 11.8 Å². The summed E-state index contributed by atoms with van der Waals surface area (Å²) in [4.78, 5) is 27.8. The van der Waals surface area contributed by atoms with Gasteiger partial charge in [-0.1, -0.05) is 36.4 Å². The largest absolute Gasteiger partial charge is 0.376 e. The van der Waals surface area contributed by atoms with Gasteiger partial charge >= 0.3 is 0 Å². The molecule has 2 fully saturated rings. The van der Waals surface area contributed by atoms with Gasteiger partial charge in [-0.3, -0.25) is 14.3 Å². The Bertz CT molecular complexity index is 1570. The summed E-state index contributed by atoms with van der Waals surface area (Å²) in [5.74, 6) is -0.304. The van der Waals surface area contributed by atoms with Gasteiger partial charge in [0.15, 0.2) is 0 Å². The molecule has 0 saturated carbocycles. The Labute approximate surface area is 244 Å². The van der Waals surface area contributed by atoms with Crippen LogP contribution in [0.1, 0.15) is 39.1 Å². The molecule has 2 aliphatic rings. The molecule has 1 unspecified atom stereocenters. The number of hydrogen-bond acceptors (Lipinski definition) is 5. The van der Waals surface area contributed by atoms with Crippen LogP contribution in [0.3, 0.4) is 0 Å². The van der Waals surface area contributed by atoms with Gasteiger partial charge in [-0.15, -0.1) is 0 Å². The molecule has 2 amide bonds. The minimum absolute atomic E-state index is 0.127. The predicted octanol–water partition coefficient (Wildman–Crippen LogP) is 4.85. The predicted molar refractivity (Wildman–Crippen MR) is 158 cm³/mol. The van der Waals surface area contributed by atoms with Crippen molar-refractivity contribution >= 4 is 22.7 Å². The van der Waals surface area contributed by atoms with E-state index in [1.54, 1.807) is 12.1 Å². The molecule has 1 atom stereocenters. The van der Waals surface area contributed by atoms with Crippen LogP contribution in [0.15, 0.2) is 66.9 Å². The highest BCUT2D eigenvalue weighted by Gasteiger charge is 2.25. The van der Waals surface area contributed by atoms with E-state index in [0.29, 0.717) is 62.1 Å². The number of carbonyl (C=O) groups is 2. The van der Waals surface area contributed by atoms with Crippen LogP contribution in [0.4, 0.5) is 4.39 Å². The van der Waals surface area contributed by atoms with Crippen molar-refractivity contribution in [2.45, 2.75) is 32.4 Å². The monoisotopic (exact) mass is 570 g/mol. The molecule has 9 heteroatoms. The second-order valence-corrected chi connectivity index (χ2v) is 11.1. The van der Waals surface area contributed by atoms with Gasteiger partial charge in [0, 0.05) is 54.5 Å². The van der Waals surface area contributed by atoms with Crippen molar-refractivity contribution in [2.75, 3.05) is 39.5 Å². The maximum atomic E-state index is 14.9. The third kappa shape index (κ3) is 6.07. The van der Waals surface area contributed by atoms with E-state index < -0.39 is 5.82 Å². The Morgan fingerprint density at radius 1 is 1.05 bits per heavy atom. The lowest BCUT2D eigenvalue weighted by Gasteiger charge is -2.32. The molecule has 3 heterocycles. The number of ether oxygens (including phenoxy) is 2. The minimum Gasteiger partial charge on any atom is -0.376 e. The first-order chi connectivity index (χ1) is 20.5. The average molecular weight is 571 g/mol. The van der Waals surface area contributed by atoms with Crippen LogP contribution in [0.2, 0.25) is 0 Å². The Balaban J connectivity index is 1.05. The standard InChI is InChI=1S/C33H35FN4O4/c1-22-27(32(39)35-18-26-21-41-15-16-42-26)9-10-31-29(22)20-38(36-31)19-23-11-13-37(14-12-23)33(40)25-7-8-28(30(34)17-25)24-5-3-2-4-6-24/h2-10,17,20,23,26H,11-16,18-19,21H2,1H3,(H,35,39). The number of amides is 2. The summed E-state index contributed by atoms with van der Waals surface area (Å²) in [5, 5.41) is 8.67. The maximum absolute atomic E-state index is 14.9. The molecule has 4 aromatic rings. The van der Waals surface area contributed by atoms with E-state index in [-0.39, 0.29) is 17.9 Å². The van der Waals surface area contributed by atoms with Gasteiger partial charge < -0.3 is 19.7 Å². The van der Waals surface area contributed by atoms with E-state index in [9.17, 15) is 14.0 Å². The van der Waals surface area contributed by atoms with Gasteiger partial charge in [-0.05, 0) is 61.1 Å². The minimum atomic E-state index is -0.392. The summed E-state index contributed by atoms with van der Waals surface area (Å²) in [6.07, 6.45) is 3.56. The van der Waals surface area contributed by atoms with Crippen molar-refractivity contribution in [3.8, 4) is 11.1 Å². The topological polar surface area (TPSA) is 85.7 Å². The zero-order valence-corrected chi connectivity index (χ0v) is 23.7. The Morgan fingerprint density at radius 2 is 1.86 bits per heavy atom. The summed E-state index contributed by atoms with van der Waals surface area (Å²) in [6, 6.07) is 17.8. The molecule has 8 nitrogen and oxygen atoms in total. The zero-order valence-electron chi connectivity index (χ0n) is 23.7. The third-order valence-corrected chi connectivity index (χ3v) is 8.27. The molecule has 0 radical (unpaired) electrons. The number of nitrogens with one attached hydrogen (secondary N) is 1. The number of likely N-dealkylation sites (tertiary alicyclic amines) is 1. The number of carbonyl (C=O) groups excluding carboxylic acids is 2. The van der Waals surface area contributed by atoms with E-state index >= 15 is 0 Å². The molecule has 3 aromatic carbocycles. The summed E-state index contributed by atoms with van der Waals surface area (Å²) < 4.78 is 27.8. The Morgan fingerprint density at radius 3 is 2.60 bits per heavy atom. The number of piperidine rings is 1. The second-order valence-electron chi connectivity index (χ2n) is 11.1. The van der Waals surface area contributed by atoms with E-state index in [4.69, 9.17) is 14.6 Å². The number of fused-ring (bicyclic) bond motifs is 1. The molecule has 0 aliphatic carbocycles. The van der Waals surface area contributed by atoms with Crippen LogP contribution in [0, 0.1) is 18.7 Å². The molecule has 2 aliphatic heterocycles. The fraction of sp³-hybridized carbons (Fsp3) is 0.364. The summed E-state index contributed by atoms with van der Waals surface area (Å²) >= 11 is 0. The lowest BCUT2D eigenvalue weighted by atomic mass is 9.96. The molecule has 6 rings (SSSR count). The van der Waals surface area contributed by atoms with Crippen molar-refractivity contribution in [1.29, 1.82) is 0 Å². The van der Waals surface area contributed by atoms with Crippen LogP contribution in [-0.4, -0.2) is 72.1 Å². The van der Waals surface area contributed by atoms with E-state index in [0.717, 1.165) is 41.4 Å². The van der Waals surface area contributed by atoms with Gasteiger partial charge in [0.2, 0.25) is 0 Å². The van der Waals surface area contributed by atoms with Crippen molar-refractivity contribution < 1.29 is 23.5 Å². The number of aryl methyl sites for hydroxylation is 1. The molecule has 1 aromatic heterocycles. The van der Waals surface area contributed by atoms with Crippen molar-refractivity contribution in [1.82, 2.24) is 20.0 Å². The van der Waals surface area contributed by atoms with E-state index in [1.165, 1.54) is 6.07 Å². The van der Waals surface area contributed by atoms with Crippen LogP contribution in [0.5, 0.6) is 0 Å². The van der Waals surface area contributed by atoms with Gasteiger partial charge in [-0.25, -0.2) is 4.39 Å². The highest BCUT2D eigenvalue weighted by atomic mass is 19.1. The number of rotatable bonds is 7. The molecule has 2 saturated heterocycles. The summed E-state index contributed by atoms with van der Waals surface area (Å²) in [6.45, 7) is 5.94. The quantitative estimate of drug-likeness (QED) is 0.344. The number of hydrogen-bond donors (Lipinski definition) is 1. The van der Waals surface area contributed by atoms with Gasteiger partial charge in [-0.2, -0.15) is 5.10 Å². The van der Waals surface area contributed by atoms with Crippen LogP contribution in [0.25, 0.3) is 22.0 Å². The normalized spacial score (nSPS) is 17.9. The molecule has 1 N–H and O–H groups in total. The first kappa shape index (κ1) is 28.1. The van der Waals surface area contributed by atoms with Crippen LogP contribution in [-0.2, 0) is 16.0 Å². The number of benzene rings is 3. The highest BCUT2D eigenvalue weighted by molar-refractivity contribution is 6.00. The second kappa shape index (κ2) is 12.4. The molecule has 0 bridgehead atoms. The smallest absolute Gasteiger partial charge is 0.253 e. The molecular weight excluding hydrogens is 535 g/mol. The summed E-state index contributed by atoms with van der Waals surface area (Å²) in [7, 11) is 0. The Hall–Kier alpha value is -4.08. The van der Waals surface area contributed by atoms with Gasteiger partial charge in [0.1, 0.15) is 5.82 Å². The fourth-order valence-corrected chi connectivity index (χ4v) is 5.84. The first-order valence-electron chi connectivity index (χ1n) is 14.5. The maximum Gasteiger partial charge on any atom is 0.253 e. The van der Waals surface area contributed by atoms with E-state index in [2.05, 4.69) is 5.32 Å². The molecule has 218 valence electrons. The van der Waals surface area contributed by atoms with Crippen molar-refractivity contribution in [3.05, 3.63) is 89.4 Å². The molecular formula is C33H35FN4O4. The van der Waals surface area contributed by atoms with Crippen LogP contribution >= 0.6 is 0 Å². The van der Waals surface area contributed by atoms with E-state index in [1.807, 2.05) is 65.2 Å².